The minimum atomic E-state index is -4.35. The molecule has 1 N–H and O–H groups in total. The first kappa shape index (κ1) is 20.4. The van der Waals surface area contributed by atoms with Gasteiger partial charge in [0.15, 0.2) is 0 Å². The molecule has 1 amide bonds. The number of benzene rings is 2. The number of nitrogens with one attached hydrogen (secondary N) is 1. The number of alkyl halides is 3. The Balaban J connectivity index is 1.28. The van der Waals surface area contributed by atoms with Crippen LogP contribution >= 0.6 is 0 Å². The Hall–Kier alpha value is -2.54. The van der Waals surface area contributed by atoms with Gasteiger partial charge in [0.25, 0.3) is 0 Å². The van der Waals surface area contributed by atoms with Crippen LogP contribution in [0.2, 0.25) is 0 Å². The van der Waals surface area contributed by atoms with Crippen LogP contribution in [0.4, 0.5) is 18.0 Å². The van der Waals surface area contributed by atoms with E-state index in [2.05, 4.69) is 10.2 Å². The molecule has 164 valence electrons. The number of carbonyl (C=O) groups is 1. The van der Waals surface area contributed by atoms with Gasteiger partial charge in [0.2, 0.25) is 0 Å². The maximum Gasteiger partial charge on any atom is 0.416 e. The molecule has 0 aromatic heterocycles. The Bertz CT molecular complexity index is 966. The Morgan fingerprint density at radius 2 is 1.71 bits per heavy atom. The number of piperidine rings is 3. The van der Waals surface area contributed by atoms with Gasteiger partial charge < -0.3 is 10.1 Å². The van der Waals surface area contributed by atoms with E-state index in [1.165, 1.54) is 12.1 Å². The first-order valence-corrected chi connectivity index (χ1v) is 10.9. The fourth-order valence-corrected chi connectivity index (χ4v) is 5.14. The number of fused-ring (bicyclic) bond motifs is 4. The smallest absolute Gasteiger partial charge is 0.416 e. The van der Waals surface area contributed by atoms with E-state index in [9.17, 15) is 18.0 Å². The van der Waals surface area contributed by atoms with Crippen LogP contribution in [-0.2, 0) is 17.3 Å². The summed E-state index contributed by atoms with van der Waals surface area (Å²) in [5.74, 6) is 0.456. The first-order chi connectivity index (χ1) is 14.9. The molecule has 31 heavy (non-hydrogen) atoms. The van der Waals surface area contributed by atoms with E-state index in [-0.39, 0.29) is 18.2 Å². The molecular formula is C24H25F3N2O2. The second kappa shape index (κ2) is 7.86. The van der Waals surface area contributed by atoms with Crippen molar-refractivity contribution in [3.05, 3.63) is 59.2 Å². The summed E-state index contributed by atoms with van der Waals surface area (Å²) in [7, 11) is 0. The van der Waals surface area contributed by atoms with Crippen molar-refractivity contribution in [2.45, 2.75) is 44.0 Å². The lowest BCUT2D eigenvalue weighted by molar-refractivity contribution is -0.137. The number of nitrogens with zero attached hydrogens (tertiary/aromatic N) is 1. The second-order valence-corrected chi connectivity index (χ2v) is 8.81. The molecule has 6 rings (SSSR count). The van der Waals surface area contributed by atoms with E-state index in [4.69, 9.17) is 4.74 Å². The highest BCUT2D eigenvalue weighted by atomic mass is 19.4. The molecule has 2 aromatic rings. The summed E-state index contributed by atoms with van der Waals surface area (Å²) >= 11 is 0. The van der Waals surface area contributed by atoms with Crippen LogP contribution in [0.15, 0.2) is 42.5 Å². The largest absolute Gasteiger partial charge is 0.445 e. The third-order valence-corrected chi connectivity index (χ3v) is 6.92. The second-order valence-electron chi connectivity index (χ2n) is 8.81. The van der Waals surface area contributed by atoms with Crippen molar-refractivity contribution in [3.8, 4) is 11.1 Å². The summed E-state index contributed by atoms with van der Waals surface area (Å²) in [5, 5.41) is 3.02. The molecule has 2 aromatic carbocycles. The third kappa shape index (κ3) is 4.15. The molecule has 2 bridgehead atoms. The van der Waals surface area contributed by atoms with E-state index in [1.54, 1.807) is 0 Å². The van der Waals surface area contributed by atoms with Crippen molar-refractivity contribution in [3.63, 3.8) is 0 Å². The molecular weight excluding hydrogens is 405 g/mol. The van der Waals surface area contributed by atoms with Gasteiger partial charge in [-0.3, -0.25) is 4.90 Å². The highest BCUT2D eigenvalue weighted by Crippen LogP contribution is 2.36. The average molecular weight is 430 g/mol. The lowest BCUT2D eigenvalue weighted by atomic mass is 9.86. The number of hydrogen-bond donors (Lipinski definition) is 1. The summed E-state index contributed by atoms with van der Waals surface area (Å²) in [6.45, 7) is 3.00. The first-order valence-electron chi connectivity index (χ1n) is 10.9. The number of carbonyl (C=O) groups excluding carboxylic acids is 1. The number of ether oxygens (including phenoxy) is 1. The molecule has 3 saturated heterocycles. The number of aryl methyl sites for hydroxylation is 1. The molecule has 2 atom stereocenters. The molecule has 4 aliphatic rings. The minimum Gasteiger partial charge on any atom is -0.445 e. The minimum absolute atomic E-state index is 0.0399. The highest BCUT2D eigenvalue weighted by Gasteiger charge is 2.37. The molecule has 0 spiro atoms. The zero-order valence-corrected chi connectivity index (χ0v) is 17.1. The maximum absolute atomic E-state index is 12.8. The quantitative estimate of drug-likeness (QED) is 0.730. The SMILES string of the molecule is O=C(NC1CCc2ccc(-c3ccc(C(F)(F)F)cc3)cc21)O[C@@H]1CN2CCC1CC2. The normalized spacial score (nSPS) is 27.1. The topological polar surface area (TPSA) is 41.6 Å². The number of halogens is 3. The molecule has 0 radical (unpaired) electrons. The number of alkyl carbamates (subject to hydrolysis) is 1. The Labute approximate surface area is 179 Å². The van der Waals surface area contributed by atoms with Gasteiger partial charge >= 0.3 is 12.3 Å². The molecule has 3 aliphatic heterocycles. The fourth-order valence-electron chi connectivity index (χ4n) is 5.14. The van der Waals surface area contributed by atoms with Crippen LogP contribution < -0.4 is 5.32 Å². The Morgan fingerprint density at radius 3 is 2.35 bits per heavy atom. The highest BCUT2D eigenvalue weighted by molar-refractivity contribution is 5.70. The number of rotatable bonds is 3. The zero-order valence-electron chi connectivity index (χ0n) is 17.1. The van der Waals surface area contributed by atoms with Gasteiger partial charge in [0.05, 0.1) is 11.6 Å². The van der Waals surface area contributed by atoms with Gasteiger partial charge in [-0.15, -0.1) is 0 Å². The van der Waals surface area contributed by atoms with Crippen molar-refractivity contribution in [1.29, 1.82) is 0 Å². The number of hydrogen-bond acceptors (Lipinski definition) is 3. The average Bonchev–Trinajstić information content (AvgIpc) is 3.16. The van der Waals surface area contributed by atoms with Crippen LogP contribution in [0.3, 0.4) is 0 Å². The van der Waals surface area contributed by atoms with E-state index < -0.39 is 11.7 Å². The molecule has 0 saturated carbocycles. The van der Waals surface area contributed by atoms with Crippen LogP contribution in [0.1, 0.15) is 42.0 Å². The van der Waals surface area contributed by atoms with Gasteiger partial charge in [-0.2, -0.15) is 13.2 Å². The molecule has 1 aliphatic carbocycles. The Kier molecular flexibility index (Phi) is 5.16. The lowest BCUT2D eigenvalue weighted by Crippen LogP contribution is -2.52. The van der Waals surface area contributed by atoms with Crippen LogP contribution in [0, 0.1) is 5.92 Å². The molecule has 3 fully saturated rings. The summed E-state index contributed by atoms with van der Waals surface area (Å²) in [5.41, 5.74) is 3.07. The van der Waals surface area contributed by atoms with Crippen molar-refractivity contribution in [2.24, 2.45) is 5.92 Å². The predicted molar refractivity (Wildman–Crippen MR) is 111 cm³/mol. The molecule has 4 nitrogen and oxygen atoms in total. The summed E-state index contributed by atoms with van der Waals surface area (Å²) in [4.78, 5) is 14.9. The van der Waals surface area contributed by atoms with Crippen molar-refractivity contribution < 1.29 is 22.7 Å². The maximum atomic E-state index is 12.8. The van der Waals surface area contributed by atoms with Gasteiger partial charge in [0.1, 0.15) is 6.10 Å². The van der Waals surface area contributed by atoms with Crippen molar-refractivity contribution >= 4 is 6.09 Å². The van der Waals surface area contributed by atoms with Crippen molar-refractivity contribution in [1.82, 2.24) is 10.2 Å². The van der Waals surface area contributed by atoms with Gasteiger partial charge in [0, 0.05) is 6.54 Å². The molecule has 1 unspecified atom stereocenters. The van der Waals surface area contributed by atoms with Crippen molar-refractivity contribution in [2.75, 3.05) is 19.6 Å². The van der Waals surface area contributed by atoms with E-state index in [1.807, 2.05) is 18.2 Å². The fraction of sp³-hybridized carbons (Fsp3) is 0.458. The van der Waals surface area contributed by atoms with E-state index in [0.717, 1.165) is 79.7 Å². The Morgan fingerprint density at radius 1 is 1.00 bits per heavy atom. The van der Waals surface area contributed by atoms with E-state index >= 15 is 0 Å². The molecule has 7 heteroatoms. The third-order valence-electron chi connectivity index (χ3n) is 6.92. The van der Waals surface area contributed by atoms with Gasteiger partial charge in [-0.25, -0.2) is 4.79 Å². The standard InChI is InChI=1S/C24H25F3N2O2/c25-24(26,27)19-6-3-15(4-7-19)18-2-1-16-5-8-21(20(16)13-18)28-23(30)31-22-14-29-11-9-17(22)10-12-29/h1-4,6-7,13,17,21-22H,5,8-12,14H2,(H,28,30)/t21?,22-/m1/s1. The summed E-state index contributed by atoms with van der Waals surface area (Å²) in [6, 6.07) is 10.9. The summed E-state index contributed by atoms with van der Waals surface area (Å²) in [6.07, 6.45) is -0.949. The van der Waals surface area contributed by atoms with Crippen LogP contribution in [0.5, 0.6) is 0 Å². The van der Waals surface area contributed by atoms with Crippen LogP contribution in [-0.4, -0.2) is 36.7 Å². The number of amides is 1. The monoisotopic (exact) mass is 430 g/mol. The lowest BCUT2D eigenvalue weighted by Gasteiger charge is -2.43. The zero-order chi connectivity index (χ0) is 21.6. The summed E-state index contributed by atoms with van der Waals surface area (Å²) < 4.78 is 44.3. The predicted octanol–water partition coefficient (Wildman–Crippen LogP) is 5.18. The van der Waals surface area contributed by atoms with Gasteiger partial charge in [-0.05, 0) is 85.1 Å². The molecule has 3 heterocycles. The van der Waals surface area contributed by atoms with Gasteiger partial charge in [-0.1, -0.05) is 24.3 Å². The van der Waals surface area contributed by atoms with E-state index in [0.29, 0.717) is 5.92 Å². The van der Waals surface area contributed by atoms with Crippen LogP contribution in [0.25, 0.3) is 11.1 Å².